The smallest absolute Gasteiger partial charge is 0.244 e. The molecule has 1 amide bonds. The summed E-state index contributed by atoms with van der Waals surface area (Å²) >= 11 is 0. The highest BCUT2D eigenvalue weighted by molar-refractivity contribution is 5.87. The van der Waals surface area contributed by atoms with Crippen LogP contribution in [0.15, 0.2) is 48.5 Å². The van der Waals surface area contributed by atoms with Crippen LogP contribution < -0.4 is 20.5 Å². The van der Waals surface area contributed by atoms with Crippen LogP contribution in [0, 0.1) is 0 Å². The van der Waals surface area contributed by atoms with Crippen molar-refractivity contribution in [3.63, 3.8) is 0 Å². The van der Waals surface area contributed by atoms with Gasteiger partial charge < -0.3 is 20.5 Å². The van der Waals surface area contributed by atoms with Crippen molar-refractivity contribution >= 4 is 5.91 Å². The first-order valence-electron chi connectivity index (χ1n) is 8.95. The van der Waals surface area contributed by atoms with Gasteiger partial charge in [-0.1, -0.05) is 36.4 Å². The molecule has 0 saturated heterocycles. The van der Waals surface area contributed by atoms with Crippen LogP contribution in [0.3, 0.4) is 0 Å². The lowest BCUT2D eigenvalue weighted by Gasteiger charge is -2.27. The molecular formula is C21H28N2O3. The van der Waals surface area contributed by atoms with E-state index in [0.717, 1.165) is 11.1 Å². The van der Waals surface area contributed by atoms with Gasteiger partial charge in [-0.15, -0.1) is 0 Å². The summed E-state index contributed by atoms with van der Waals surface area (Å²) in [7, 11) is 0. The van der Waals surface area contributed by atoms with E-state index in [0.29, 0.717) is 24.7 Å². The van der Waals surface area contributed by atoms with Crippen molar-refractivity contribution in [1.82, 2.24) is 5.32 Å². The fourth-order valence-electron chi connectivity index (χ4n) is 2.68. The number of carbonyl (C=O) groups excluding carboxylic acids is 1. The summed E-state index contributed by atoms with van der Waals surface area (Å²) < 4.78 is 11.2. The van der Waals surface area contributed by atoms with Gasteiger partial charge in [-0.2, -0.15) is 0 Å². The Hall–Kier alpha value is -2.53. The van der Waals surface area contributed by atoms with Gasteiger partial charge in [0.1, 0.15) is 5.54 Å². The fourth-order valence-corrected chi connectivity index (χ4v) is 2.68. The second-order valence-corrected chi connectivity index (χ2v) is 6.34. The van der Waals surface area contributed by atoms with E-state index in [-0.39, 0.29) is 11.9 Å². The number of amides is 1. The molecule has 0 fully saturated rings. The number of hydrogen-bond donors (Lipinski definition) is 2. The summed E-state index contributed by atoms with van der Waals surface area (Å²) in [6, 6.07) is 14.8. The molecule has 2 aromatic carbocycles. The summed E-state index contributed by atoms with van der Waals surface area (Å²) in [6.45, 7) is 8.59. The summed E-state index contributed by atoms with van der Waals surface area (Å²) in [6.07, 6.45) is 0. The van der Waals surface area contributed by atoms with E-state index < -0.39 is 5.54 Å². The van der Waals surface area contributed by atoms with Crippen molar-refractivity contribution < 1.29 is 14.3 Å². The summed E-state index contributed by atoms with van der Waals surface area (Å²) in [4.78, 5) is 12.7. The SMILES string of the molecule is CCOc1ccc(C(C)NC(=O)C(C)(N)c2ccccc2)cc1OCC. The number of benzene rings is 2. The third-order valence-electron chi connectivity index (χ3n) is 4.26. The normalized spacial score (nSPS) is 14.2. The predicted octanol–water partition coefficient (Wildman–Crippen LogP) is 3.54. The molecule has 0 spiro atoms. The molecule has 0 aliphatic carbocycles. The van der Waals surface area contributed by atoms with Crippen molar-refractivity contribution in [2.24, 2.45) is 5.73 Å². The maximum Gasteiger partial charge on any atom is 0.244 e. The van der Waals surface area contributed by atoms with Gasteiger partial charge >= 0.3 is 0 Å². The first-order chi connectivity index (χ1) is 12.4. The molecule has 0 aromatic heterocycles. The Morgan fingerprint density at radius 3 is 2.31 bits per heavy atom. The van der Waals surface area contributed by atoms with E-state index >= 15 is 0 Å². The predicted molar refractivity (Wildman–Crippen MR) is 103 cm³/mol. The van der Waals surface area contributed by atoms with Gasteiger partial charge in [0.25, 0.3) is 0 Å². The van der Waals surface area contributed by atoms with Gasteiger partial charge in [0.05, 0.1) is 19.3 Å². The van der Waals surface area contributed by atoms with Crippen molar-refractivity contribution in [1.29, 1.82) is 0 Å². The van der Waals surface area contributed by atoms with Gasteiger partial charge in [-0.3, -0.25) is 4.79 Å². The first kappa shape index (κ1) is 19.8. The van der Waals surface area contributed by atoms with Gasteiger partial charge in [0, 0.05) is 0 Å². The fraction of sp³-hybridized carbons (Fsp3) is 0.381. The number of nitrogens with two attached hydrogens (primary N) is 1. The summed E-state index contributed by atoms with van der Waals surface area (Å²) in [5.74, 6) is 1.14. The maximum atomic E-state index is 12.7. The Balaban J connectivity index is 2.17. The van der Waals surface area contributed by atoms with Gasteiger partial charge in [0.2, 0.25) is 5.91 Å². The number of hydrogen-bond acceptors (Lipinski definition) is 4. The third kappa shape index (κ3) is 4.55. The largest absolute Gasteiger partial charge is 0.490 e. The van der Waals surface area contributed by atoms with Crippen LogP contribution in [-0.2, 0) is 10.3 Å². The van der Waals surface area contributed by atoms with E-state index in [1.165, 1.54) is 0 Å². The number of nitrogens with one attached hydrogen (secondary N) is 1. The molecule has 2 unspecified atom stereocenters. The highest BCUT2D eigenvalue weighted by Crippen LogP contribution is 2.31. The third-order valence-corrected chi connectivity index (χ3v) is 4.26. The summed E-state index contributed by atoms with van der Waals surface area (Å²) in [5.41, 5.74) is 6.88. The lowest BCUT2D eigenvalue weighted by Crippen LogP contribution is -2.49. The second-order valence-electron chi connectivity index (χ2n) is 6.34. The molecule has 140 valence electrons. The van der Waals surface area contributed by atoms with Crippen LogP contribution in [0.2, 0.25) is 0 Å². The van der Waals surface area contributed by atoms with E-state index in [9.17, 15) is 4.79 Å². The standard InChI is InChI=1S/C21H28N2O3/c1-5-25-18-13-12-16(14-19(18)26-6-2)15(3)23-20(24)21(4,22)17-10-8-7-9-11-17/h7-15H,5-6,22H2,1-4H3,(H,23,24). The minimum absolute atomic E-state index is 0.219. The zero-order valence-corrected chi connectivity index (χ0v) is 15.9. The Morgan fingerprint density at radius 1 is 1.08 bits per heavy atom. The maximum absolute atomic E-state index is 12.7. The lowest BCUT2D eigenvalue weighted by atomic mass is 9.91. The molecule has 0 bridgehead atoms. The number of carbonyl (C=O) groups is 1. The second kappa shape index (κ2) is 8.72. The quantitative estimate of drug-likeness (QED) is 0.759. The average molecular weight is 356 g/mol. The zero-order chi connectivity index (χ0) is 19.2. The van der Waals surface area contributed by atoms with Crippen LogP contribution in [-0.4, -0.2) is 19.1 Å². The molecule has 0 saturated carbocycles. The van der Waals surface area contributed by atoms with E-state index in [2.05, 4.69) is 5.32 Å². The minimum Gasteiger partial charge on any atom is -0.490 e. The van der Waals surface area contributed by atoms with Gasteiger partial charge in [0.15, 0.2) is 11.5 Å². The van der Waals surface area contributed by atoms with E-state index in [1.54, 1.807) is 6.92 Å². The summed E-state index contributed by atoms with van der Waals surface area (Å²) in [5, 5.41) is 3.00. The first-order valence-corrected chi connectivity index (χ1v) is 8.95. The minimum atomic E-state index is -1.11. The Morgan fingerprint density at radius 2 is 1.69 bits per heavy atom. The Bertz CT molecular complexity index is 729. The topological polar surface area (TPSA) is 73.6 Å². The molecule has 0 aliphatic rings. The average Bonchev–Trinajstić information content (AvgIpc) is 2.64. The number of rotatable bonds is 8. The molecule has 3 N–H and O–H groups in total. The molecular weight excluding hydrogens is 328 g/mol. The highest BCUT2D eigenvalue weighted by atomic mass is 16.5. The molecule has 0 radical (unpaired) electrons. The molecule has 26 heavy (non-hydrogen) atoms. The molecule has 5 heteroatoms. The van der Waals surface area contributed by atoms with Crippen LogP contribution in [0.1, 0.15) is 44.9 Å². The van der Waals surface area contributed by atoms with Gasteiger partial charge in [-0.05, 0) is 51.0 Å². The molecule has 5 nitrogen and oxygen atoms in total. The molecule has 0 heterocycles. The van der Waals surface area contributed by atoms with E-state index in [4.69, 9.17) is 15.2 Å². The zero-order valence-electron chi connectivity index (χ0n) is 15.9. The van der Waals surface area contributed by atoms with Crippen LogP contribution in [0.25, 0.3) is 0 Å². The van der Waals surface area contributed by atoms with E-state index in [1.807, 2.05) is 69.3 Å². The molecule has 2 atom stereocenters. The van der Waals surface area contributed by atoms with Crippen molar-refractivity contribution in [2.45, 2.75) is 39.3 Å². The Labute approximate surface area is 155 Å². The molecule has 2 rings (SSSR count). The van der Waals surface area contributed by atoms with Crippen LogP contribution in [0.5, 0.6) is 11.5 Å². The van der Waals surface area contributed by atoms with Crippen LogP contribution >= 0.6 is 0 Å². The lowest BCUT2D eigenvalue weighted by molar-refractivity contribution is -0.126. The van der Waals surface area contributed by atoms with Crippen molar-refractivity contribution in [3.05, 3.63) is 59.7 Å². The van der Waals surface area contributed by atoms with Crippen molar-refractivity contribution in [3.8, 4) is 11.5 Å². The monoisotopic (exact) mass is 356 g/mol. The molecule has 0 aliphatic heterocycles. The highest BCUT2D eigenvalue weighted by Gasteiger charge is 2.31. The Kier molecular flexibility index (Phi) is 6.64. The van der Waals surface area contributed by atoms with Gasteiger partial charge in [-0.25, -0.2) is 0 Å². The molecule has 2 aromatic rings. The number of ether oxygens (including phenoxy) is 2. The van der Waals surface area contributed by atoms with Crippen molar-refractivity contribution in [2.75, 3.05) is 13.2 Å². The van der Waals surface area contributed by atoms with Crippen LogP contribution in [0.4, 0.5) is 0 Å².